The summed E-state index contributed by atoms with van der Waals surface area (Å²) in [5, 5.41) is 12.5. The number of hydrogen-bond acceptors (Lipinski definition) is 1. The molecule has 0 aromatic heterocycles. The molecule has 3 heteroatoms. The van der Waals surface area contributed by atoms with Crippen molar-refractivity contribution in [3.63, 3.8) is 0 Å². The third-order valence-electron chi connectivity index (χ3n) is 0.960. The summed E-state index contributed by atoms with van der Waals surface area (Å²) in [5.74, 6) is 0. The third-order valence-corrected chi connectivity index (χ3v) is 0.960. The zero-order valence-corrected chi connectivity index (χ0v) is 7.72. The molecule has 1 heterocycles. The quantitative estimate of drug-likeness (QED) is 0.347. The summed E-state index contributed by atoms with van der Waals surface area (Å²) in [5.41, 5.74) is 0. The van der Waals surface area contributed by atoms with Crippen molar-refractivity contribution in [3.8, 4) is 0 Å². The smallest absolute Gasteiger partial charge is 0.660 e. The van der Waals surface area contributed by atoms with Crippen LogP contribution in [0.1, 0.15) is 6.42 Å². The molecule has 7 heavy (non-hydrogen) atoms. The van der Waals surface area contributed by atoms with Crippen molar-refractivity contribution < 1.29 is 56.5 Å². The van der Waals surface area contributed by atoms with Crippen LogP contribution >= 0.6 is 0 Å². The molecule has 1 unspecified atom stereocenters. The normalized spacial score (nSPS) is 29.6. The van der Waals surface area contributed by atoms with Crippen molar-refractivity contribution in [2.75, 3.05) is 13.1 Å². The van der Waals surface area contributed by atoms with Crippen LogP contribution in [-0.2, 0) is 0 Å². The summed E-state index contributed by atoms with van der Waals surface area (Å²) in [6.45, 7) is 1.53. The van der Waals surface area contributed by atoms with Crippen molar-refractivity contribution in [1.82, 2.24) is 0 Å². The molecule has 2 nitrogen and oxygen atoms in total. The van der Waals surface area contributed by atoms with Crippen molar-refractivity contribution in [2.45, 2.75) is 12.5 Å². The Morgan fingerprint density at radius 1 is 1.57 bits per heavy atom. The van der Waals surface area contributed by atoms with E-state index in [9.17, 15) is 0 Å². The van der Waals surface area contributed by atoms with Gasteiger partial charge >= 0.3 is 51.4 Å². The van der Waals surface area contributed by atoms with E-state index in [2.05, 4.69) is 5.32 Å². The summed E-state index contributed by atoms with van der Waals surface area (Å²) in [7, 11) is 0. The summed E-state index contributed by atoms with van der Waals surface area (Å²) < 4.78 is 0. The van der Waals surface area contributed by atoms with E-state index in [1.54, 1.807) is 0 Å². The molecule has 0 aromatic rings. The van der Waals surface area contributed by atoms with E-state index in [-0.39, 0.29) is 57.5 Å². The van der Waals surface area contributed by atoms with Crippen molar-refractivity contribution in [1.29, 1.82) is 0 Å². The van der Waals surface area contributed by atoms with Crippen LogP contribution in [0.15, 0.2) is 0 Å². The number of aliphatic hydroxyl groups is 1. The van der Waals surface area contributed by atoms with Gasteiger partial charge in [0, 0.05) is 6.10 Å². The van der Waals surface area contributed by atoms with E-state index in [0.717, 1.165) is 13.0 Å². The van der Waals surface area contributed by atoms with Gasteiger partial charge in [0.2, 0.25) is 0 Å². The Morgan fingerprint density at radius 3 is 2.43 bits per heavy atom. The fraction of sp³-hybridized carbons (Fsp3) is 1.00. The van der Waals surface area contributed by atoms with Gasteiger partial charge < -0.3 is 10.4 Å². The summed E-state index contributed by atoms with van der Waals surface area (Å²) in [4.78, 5) is 0. The van der Waals surface area contributed by atoms with E-state index < -0.39 is 0 Å². The Balaban J connectivity index is 0.000000360. The Morgan fingerprint density at radius 2 is 2.29 bits per heavy atom. The average molecular weight is 125 g/mol. The van der Waals surface area contributed by atoms with Crippen molar-refractivity contribution in [3.05, 3.63) is 5.32 Å². The number of rotatable bonds is 0. The van der Waals surface area contributed by atoms with Crippen LogP contribution in [0, 0.1) is 0 Å². The Bertz CT molecular complexity index is 45.0. The molecule has 0 bridgehead atoms. The van der Waals surface area contributed by atoms with Crippen LogP contribution in [-0.4, -0.2) is 24.3 Å². The van der Waals surface area contributed by atoms with Crippen LogP contribution in [0.2, 0.25) is 0 Å². The van der Waals surface area contributed by atoms with E-state index in [1.807, 2.05) is 0 Å². The largest absolute Gasteiger partial charge is 1.00 e. The fourth-order valence-corrected chi connectivity index (χ4v) is 0.572. The zero-order valence-electron chi connectivity index (χ0n) is 4.59. The molecule has 0 saturated carbocycles. The van der Waals surface area contributed by atoms with Gasteiger partial charge in [-0.15, -0.1) is 13.1 Å². The maximum Gasteiger partial charge on any atom is 1.00 e. The molecule has 1 rings (SSSR count). The Hall–Kier alpha value is 1.56. The second-order valence-corrected chi connectivity index (χ2v) is 1.57. The SMILES string of the molecule is OC1CC[N-]C1.[K+]. The van der Waals surface area contributed by atoms with Crippen LogP contribution in [0.3, 0.4) is 0 Å². The summed E-state index contributed by atoms with van der Waals surface area (Å²) in [6.07, 6.45) is 0.755. The molecule has 1 atom stereocenters. The van der Waals surface area contributed by atoms with Crippen molar-refractivity contribution >= 4 is 0 Å². The van der Waals surface area contributed by atoms with Gasteiger partial charge in [-0.05, 0) is 6.42 Å². The van der Waals surface area contributed by atoms with Crippen LogP contribution in [0.5, 0.6) is 0 Å². The Labute approximate surface area is 86.1 Å². The second-order valence-electron chi connectivity index (χ2n) is 1.57. The fourth-order valence-electron chi connectivity index (χ4n) is 0.572. The van der Waals surface area contributed by atoms with Gasteiger partial charge in [-0.1, -0.05) is 0 Å². The summed E-state index contributed by atoms with van der Waals surface area (Å²) in [6, 6.07) is 0. The summed E-state index contributed by atoms with van der Waals surface area (Å²) >= 11 is 0. The van der Waals surface area contributed by atoms with Crippen LogP contribution < -0.4 is 51.4 Å². The maximum atomic E-state index is 8.64. The molecule has 1 fully saturated rings. The minimum atomic E-state index is -0.120. The van der Waals surface area contributed by atoms with Gasteiger partial charge in [0.25, 0.3) is 0 Å². The molecule has 0 spiro atoms. The molecular weight excluding hydrogens is 117 g/mol. The molecule has 0 radical (unpaired) electrons. The molecule has 0 amide bonds. The van der Waals surface area contributed by atoms with Crippen LogP contribution in [0.4, 0.5) is 0 Å². The monoisotopic (exact) mass is 125 g/mol. The number of hydrogen-bond donors (Lipinski definition) is 1. The molecule has 1 aliphatic heterocycles. The number of aliphatic hydroxyl groups excluding tert-OH is 1. The zero-order chi connectivity index (χ0) is 4.41. The first-order valence-electron chi connectivity index (χ1n) is 2.21. The molecule has 1 saturated heterocycles. The standard InChI is InChI=1S/C4H8NO.K/c6-4-1-2-5-3-4;/h4,6H,1-3H2;/q-1;+1. The van der Waals surface area contributed by atoms with Gasteiger partial charge in [0.1, 0.15) is 0 Å². The topological polar surface area (TPSA) is 34.3 Å². The molecule has 0 aromatic carbocycles. The van der Waals surface area contributed by atoms with Gasteiger partial charge in [-0.3, -0.25) is 0 Å². The molecule has 0 aliphatic carbocycles. The average Bonchev–Trinajstić information content (AvgIpc) is 1.86. The van der Waals surface area contributed by atoms with Gasteiger partial charge in [-0.2, -0.15) is 0 Å². The minimum absolute atomic E-state index is 0. The van der Waals surface area contributed by atoms with E-state index >= 15 is 0 Å². The van der Waals surface area contributed by atoms with Gasteiger partial charge in [0.15, 0.2) is 0 Å². The van der Waals surface area contributed by atoms with E-state index in [0.29, 0.717) is 6.54 Å². The van der Waals surface area contributed by atoms with Gasteiger partial charge in [-0.25, -0.2) is 0 Å². The predicted molar refractivity (Wildman–Crippen MR) is 23.7 cm³/mol. The second kappa shape index (κ2) is 4.44. The first-order chi connectivity index (χ1) is 2.89. The Kier molecular flexibility index (Phi) is 5.42. The van der Waals surface area contributed by atoms with E-state index in [1.165, 1.54) is 0 Å². The van der Waals surface area contributed by atoms with E-state index in [4.69, 9.17) is 5.11 Å². The molecule has 36 valence electrons. The first kappa shape index (κ1) is 8.56. The van der Waals surface area contributed by atoms with Crippen molar-refractivity contribution in [2.24, 2.45) is 0 Å². The third kappa shape index (κ3) is 3.19. The van der Waals surface area contributed by atoms with Gasteiger partial charge in [0.05, 0.1) is 0 Å². The maximum absolute atomic E-state index is 8.64. The predicted octanol–water partition coefficient (Wildman–Crippen LogP) is -2.87. The van der Waals surface area contributed by atoms with Crippen LogP contribution in [0.25, 0.3) is 5.32 Å². The molecular formula is C4H8KNO. The number of nitrogens with zero attached hydrogens (tertiary/aromatic N) is 1. The first-order valence-corrected chi connectivity index (χ1v) is 2.21. The molecule has 1 N–H and O–H groups in total. The minimum Gasteiger partial charge on any atom is -0.660 e. The molecule has 1 aliphatic rings.